The van der Waals surface area contributed by atoms with Crippen LogP contribution in [0.1, 0.15) is 31.8 Å². The lowest BCUT2D eigenvalue weighted by atomic mass is 10.1. The number of aromatic nitrogens is 1. The number of carbonyl (C=O) groups excluding carboxylic acids is 2. The summed E-state index contributed by atoms with van der Waals surface area (Å²) in [6.45, 7) is 0. The largest absolute Gasteiger partial charge is 0.507 e. The van der Waals surface area contributed by atoms with Gasteiger partial charge >= 0.3 is 0 Å². The smallest absolute Gasteiger partial charge is 0.265 e. The first-order chi connectivity index (χ1) is 14.5. The predicted octanol–water partition coefficient (Wildman–Crippen LogP) is 3.28. The Morgan fingerprint density at radius 3 is 2.60 bits per heavy atom. The molecule has 2 heterocycles. The standard InChI is InChI=1S/C14H10N2O2.C8H6N2O2/c15-8-10-2-1-3-13-12(10)4-6-16(13)14(17)11-5-7-18-9-11;9-4-6-3-5(8(10)12)1-2-7(6)11/h1-9,15H;1-3,11H,(H2,10,12). The van der Waals surface area contributed by atoms with Crippen molar-refractivity contribution in [3.8, 4) is 11.8 Å². The van der Waals surface area contributed by atoms with Gasteiger partial charge in [-0.2, -0.15) is 5.26 Å². The monoisotopic (exact) mass is 400 g/mol. The number of hydrogen-bond donors (Lipinski definition) is 3. The Morgan fingerprint density at radius 2 is 1.97 bits per heavy atom. The zero-order valence-corrected chi connectivity index (χ0v) is 15.6. The van der Waals surface area contributed by atoms with E-state index < -0.39 is 5.91 Å². The van der Waals surface area contributed by atoms with Crippen molar-refractivity contribution in [1.29, 1.82) is 10.7 Å². The molecule has 4 aromatic rings. The van der Waals surface area contributed by atoms with Crippen molar-refractivity contribution < 1.29 is 19.1 Å². The summed E-state index contributed by atoms with van der Waals surface area (Å²) in [7, 11) is 0. The Bertz CT molecular complexity index is 1280. The molecule has 8 nitrogen and oxygen atoms in total. The fourth-order valence-electron chi connectivity index (χ4n) is 2.80. The molecule has 0 spiro atoms. The zero-order valence-electron chi connectivity index (χ0n) is 15.6. The molecule has 4 rings (SSSR count). The maximum absolute atomic E-state index is 12.2. The molecule has 0 atom stereocenters. The molecule has 0 unspecified atom stereocenters. The van der Waals surface area contributed by atoms with Gasteiger partial charge in [0.15, 0.2) is 0 Å². The Kier molecular flexibility index (Phi) is 5.75. The van der Waals surface area contributed by atoms with Crippen LogP contribution in [0.5, 0.6) is 5.75 Å². The molecule has 1 amide bonds. The van der Waals surface area contributed by atoms with E-state index in [1.165, 1.54) is 36.9 Å². The highest BCUT2D eigenvalue weighted by molar-refractivity contribution is 6.05. The lowest BCUT2D eigenvalue weighted by molar-refractivity contribution is 0.0962. The minimum Gasteiger partial charge on any atom is -0.507 e. The summed E-state index contributed by atoms with van der Waals surface area (Å²) in [5, 5.41) is 25.7. The van der Waals surface area contributed by atoms with Crippen LogP contribution in [-0.4, -0.2) is 27.7 Å². The molecule has 2 aromatic carbocycles. The van der Waals surface area contributed by atoms with Crippen LogP contribution in [0.3, 0.4) is 0 Å². The Hall–Kier alpha value is -4.64. The van der Waals surface area contributed by atoms with Gasteiger partial charge in [-0.05, 0) is 36.4 Å². The van der Waals surface area contributed by atoms with E-state index in [2.05, 4.69) is 0 Å². The first kappa shape index (κ1) is 20.1. The highest BCUT2D eigenvalue weighted by Crippen LogP contribution is 2.20. The molecule has 0 saturated carbocycles. The van der Waals surface area contributed by atoms with E-state index in [4.69, 9.17) is 25.9 Å². The average molecular weight is 400 g/mol. The van der Waals surface area contributed by atoms with Crippen LogP contribution in [0.2, 0.25) is 0 Å². The lowest BCUT2D eigenvalue weighted by Gasteiger charge is -2.02. The van der Waals surface area contributed by atoms with Gasteiger partial charge in [-0.1, -0.05) is 12.1 Å². The van der Waals surface area contributed by atoms with Crippen molar-refractivity contribution in [2.75, 3.05) is 0 Å². The Morgan fingerprint density at radius 1 is 1.17 bits per heavy atom. The molecule has 0 aliphatic carbocycles. The summed E-state index contributed by atoms with van der Waals surface area (Å²) in [4.78, 5) is 22.8. The Balaban J connectivity index is 0.000000187. The van der Waals surface area contributed by atoms with Crippen molar-refractivity contribution in [2.24, 2.45) is 5.73 Å². The summed E-state index contributed by atoms with van der Waals surface area (Å²) in [6, 6.07) is 14.6. The van der Waals surface area contributed by atoms with Crippen LogP contribution in [0.15, 0.2) is 71.7 Å². The van der Waals surface area contributed by atoms with E-state index >= 15 is 0 Å². The number of amides is 1. The number of aromatic hydroxyl groups is 1. The molecule has 0 aliphatic rings. The molecule has 4 N–H and O–H groups in total. The number of nitrogens with two attached hydrogens (primary N) is 1. The summed E-state index contributed by atoms with van der Waals surface area (Å²) in [5.74, 6) is -0.908. The van der Waals surface area contributed by atoms with Crippen molar-refractivity contribution in [3.05, 3.63) is 89.5 Å². The quantitative estimate of drug-likeness (QED) is 0.452. The van der Waals surface area contributed by atoms with Crippen molar-refractivity contribution in [3.63, 3.8) is 0 Å². The normalized spacial score (nSPS) is 9.97. The van der Waals surface area contributed by atoms with Gasteiger partial charge in [-0.3, -0.25) is 14.2 Å². The molecule has 0 saturated heterocycles. The van der Waals surface area contributed by atoms with Crippen LogP contribution >= 0.6 is 0 Å². The van der Waals surface area contributed by atoms with Gasteiger partial charge in [-0.25, -0.2) is 0 Å². The number of nitriles is 1. The SMILES string of the molecule is N#Cc1cc(C(N)=O)ccc1O.N=Cc1cccc2c1ccn2C(=O)c1ccoc1. The summed E-state index contributed by atoms with van der Waals surface area (Å²) < 4.78 is 6.48. The maximum atomic E-state index is 12.2. The second-order valence-electron chi connectivity index (χ2n) is 6.14. The van der Waals surface area contributed by atoms with E-state index in [1.807, 2.05) is 24.3 Å². The third-order valence-corrected chi connectivity index (χ3v) is 4.31. The third kappa shape index (κ3) is 3.95. The van der Waals surface area contributed by atoms with Gasteiger partial charge in [0.25, 0.3) is 5.91 Å². The summed E-state index contributed by atoms with van der Waals surface area (Å²) in [5.41, 5.74) is 7.32. The Labute approximate surface area is 170 Å². The van der Waals surface area contributed by atoms with Crippen LogP contribution in [0, 0.1) is 16.7 Å². The minimum absolute atomic E-state index is 0.0475. The van der Waals surface area contributed by atoms with E-state index in [1.54, 1.807) is 22.9 Å². The summed E-state index contributed by atoms with van der Waals surface area (Å²) in [6.07, 6.45) is 5.90. The van der Waals surface area contributed by atoms with E-state index in [-0.39, 0.29) is 22.8 Å². The van der Waals surface area contributed by atoms with Crippen molar-refractivity contribution >= 4 is 28.9 Å². The average Bonchev–Trinajstić information content (AvgIpc) is 3.44. The maximum Gasteiger partial charge on any atom is 0.265 e. The van der Waals surface area contributed by atoms with Gasteiger partial charge in [0.1, 0.15) is 18.1 Å². The molecule has 0 radical (unpaired) electrons. The zero-order chi connectivity index (χ0) is 21.7. The molecule has 148 valence electrons. The topological polar surface area (TPSA) is 146 Å². The van der Waals surface area contributed by atoms with Crippen molar-refractivity contribution in [1.82, 2.24) is 4.57 Å². The number of fused-ring (bicyclic) bond motifs is 1. The number of primary amides is 1. The van der Waals surface area contributed by atoms with Gasteiger partial charge in [0.05, 0.1) is 22.9 Å². The molecule has 0 aliphatic heterocycles. The van der Waals surface area contributed by atoms with Gasteiger partial charge in [0, 0.05) is 28.9 Å². The van der Waals surface area contributed by atoms with Gasteiger partial charge in [0.2, 0.25) is 5.91 Å². The predicted molar refractivity (Wildman–Crippen MR) is 110 cm³/mol. The fourth-order valence-corrected chi connectivity index (χ4v) is 2.80. The van der Waals surface area contributed by atoms with Crippen LogP contribution in [0.25, 0.3) is 10.9 Å². The number of benzene rings is 2. The number of rotatable bonds is 3. The number of carbonyl (C=O) groups is 2. The second-order valence-corrected chi connectivity index (χ2v) is 6.14. The first-order valence-electron chi connectivity index (χ1n) is 8.66. The van der Waals surface area contributed by atoms with E-state index in [0.29, 0.717) is 5.56 Å². The number of nitrogens with zero attached hydrogens (tertiary/aromatic N) is 2. The molecule has 30 heavy (non-hydrogen) atoms. The van der Waals surface area contributed by atoms with Crippen LogP contribution < -0.4 is 5.73 Å². The minimum atomic E-state index is -0.619. The third-order valence-electron chi connectivity index (χ3n) is 4.31. The fraction of sp³-hybridized carbons (Fsp3) is 0. The molecule has 0 fully saturated rings. The highest BCUT2D eigenvalue weighted by Gasteiger charge is 2.13. The van der Waals surface area contributed by atoms with Crippen LogP contribution in [0.4, 0.5) is 0 Å². The number of furan rings is 1. The highest BCUT2D eigenvalue weighted by atomic mass is 16.3. The van der Waals surface area contributed by atoms with Gasteiger partial charge < -0.3 is 20.7 Å². The molecule has 8 heteroatoms. The number of hydrogen-bond acceptors (Lipinski definition) is 6. The second kappa shape index (κ2) is 8.58. The molecule has 0 bridgehead atoms. The summed E-state index contributed by atoms with van der Waals surface area (Å²) >= 11 is 0. The number of phenols is 1. The number of nitrogens with one attached hydrogen (secondary N) is 1. The van der Waals surface area contributed by atoms with Gasteiger partial charge in [-0.15, -0.1) is 0 Å². The van der Waals surface area contributed by atoms with E-state index in [0.717, 1.165) is 16.5 Å². The van der Waals surface area contributed by atoms with Crippen molar-refractivity contribution in [2.45, 2.75) is 0 Å². The first-order valence-corrected chi connectivity index (χ1v) is 8.66. The van der Waals surface area contributed by atoms with Crippen LogP contribution in [-0.2, 0) is 0 Å². The molecule has 2 aromatic heterocycles. The lowest BCUT2D eigenvalue weighted by Crippen LogP contribution is -2.10. The number of phenolic OH excluding ortho intramolecular Hbond substituents is 1. The molecular formula is C22H16N4O4. The molecular weight excluding hydrogens is 384 g/mol. The van der Waals surface area contributed by atoms with E-state index in [9.17, 15) is 9.59 Å².